The monoisotopic (exact) mass is 422 g/mol. The number of carbonyl (C=O) groups excluding carboxylic acids is 2. The molecule has 2 aromatic rings. The van der Waals surface area contributed by atoms with Gasteiger partial charge < -0.3 is 14.7 Å². The molecule has 1 heterocycles. The van der Waals surface area contributed by atoms with E-state index in [4.69, 9.17) is 4.74 Å². The van der Waals surface area contributed by atoms with Crippen LogP contribution in [0.2, 0.25) is 0 Å². The summed E-state index contributed by atoms with van der Waals surface area (Å²) < 4.78 is 5.29. The molecule has 1 amide bonds. The number of non-ortho nitro benzene ring substituents is 1. The molecule has 1 N–H and O–H groups in total. The summed E-state index contributed by atoms with van der Waals surface area (Å²) in [6.07, 6.45) is 3.94. The second kappa shape index (κ2) is 9.36. The van der Waals surface area contributed by atoms with Gasteiger partial charge in [0, 0.05) is 12.1 Å². The SMILES string of the molecule is C=C[C@@H]1C(=O)N(C(C(=O)Oc2ccc([N+](=O)[O-])cc2)C(C)O)[C@@H]1/C=C/c1ccccc1. The smallest absolute Gasteiger partial charge is 0.336 e. The first kappa shape index (κ1) is 21.9. The number of esters is 1. The fraction of sp³-hybridized carbons (Fsp3) is 0.217. The van der Waals surface area contributed by atoms with Gasteiger partial charge in [-0.2, -0.15) is 0 Å². The number of β-lactam (4-membered cyclic amide) rings is 1. The van der Waals surface area contributed by atoms with Crippen molar-refractivity contribution in [3.05, 3.63) is 89.0 Å². The zero-order valence-corrected chi connectivity index (χ0v) is 16.8. The van der Waals surface area contributed by atoms with E-state index >= 15 is 0 Å². The quantitative estimate of drug-likeness (QED) is 0.175. The number of benzene rings is 2. The van der Waals surface area contributed by atoms with Gasteiger partial charge in [0.15, 0.2) is 6.04 Å². The van der Waals surface area contributed by atoms with Crippen LogP contribution in [0.15, 0.2) is 73.3 Å². The van der Waals surface area contributed by atoms with Gasteiger partial charge in [-0.25, -0.2) is 4.79 Å². The van der Waals surface area contributed by atoms with Gasteiger partial charge in [-0.1, -0.05) is 48.6 Å². The van der Waals surface area contributed by atoms with Crippen LogP contribution in [0.1, 0.15) is 12.5 Å². The van der Waals surface area contributed by atoms with Crippen molar-refractivity contribution in [2.45, 2.75) is 25.1 Å². The van der Waals surface area contributed by atoms with Crippen molar-refractivity contribution >= 4 is 23.6 Å². The zero-order valence-electron chi connectivity index (χ0n) is 16.8. The lowest BCUT2D eigenvalue weighted by atomic mass is 9.84. The Labute approximate surface area is 179 Å². The van der Waals surface area contributed by atoms with Crippen LogP contribution in [-0.2, 0) is 9.59 Å². The molecule has 31 heavy (non-hydrogen) atoms. The lowest BCUT2D eigenvalue weighted by Gasteiger charge is -2.48. The summed E-state index contributed by atoms with van der Waals surface area (Å²) in [5, 5.41) is 21.0. The summed E-state index contributed by atoms with van der Waals surface area (Å²) in [6.45, 7) is 5.09. The maximum absolute atomic E-state index is 12.8. The van der Waals surface area contributed by atoms with Crippen molar-refractivity contribution in [1.29, 1.82) is 0 Å². The van der Waals surface area contributed by atoms with Crippen molar-refractivity contribution in [3.8, 4) is 5.75 Å². The molecule has 160 valence electrons. The third-order valence-electron chi connectivity index (χ3n) is 5.03. The number of carbonyl (C=O) groups is 2. The summed E-state index contributed by atoms with van der Waals surface area (Å²) in [5.74, 6) is -1.62. The molecular formula is C23H22N2O6. The molecule has 0 saturated carbocycles. The maximum Gasteiger partial charge on any atom is 0.336 e. The number of rotatable bonds is 8. The van der Waals surface area contributed by atoms with Crippen LogP contribution in [0.4, 0.5) is 5.69 Å². The predicted molar refractivity (Wildman–Crippen MR) is 114 cm³/mol. The molecule has 0 aromatic heterocycles. The van der Waals surface area contributed by atoms with Gasteiger partial charge in [0.1, 0.15) is 5.75 Å². The number of nitro groups is 1. The van der Waals surface area contributed by atoms with E-state index in [-0.39, 0.29) is 17.3 Å². The second-order valence-electron chi connectivity index (χ2n) is 7.12. The first-order valence-corrected chi connectivity index (χ1v) is 9.65. The van der Waals surface area contributed by atoms with Crippen LogP contribution in [0.5, 0.6) is 5.75 Å². The average molecular weight is 422 g/mol. The summed E-state index contributed by atoms with van der Waals surface area (Å²) in [5.41, 5.74) is 0.774. The molecule has 0 bridgehead atoms. The summed E-state index contributed by atoms with van der Waals surface area (Å²) in [4.78, 5) is 37.0. The van der Waals surface area contributed by atoms with E-state index in [0.717, 1.165) is 5.56 Å². The summed E-state index contributed by atoms with van der Waals surface area (Å²) in [7, 11) is 0. The van der Waals surface area contributed by atoms with E-state index in [1.807, 2.05) is 36.4 Å². The highest BCUT2D eigenvalue weighted by Gasteiger charge is 2.51. The second-order valence-corrected chi connectivity index (χ2v) is 7.12. The third-order valence-corrected chi connectivity index (χ3v) is 5.03. The molecule has 1 fully saturated rings. The molecule has 1 aliphatic rings. The Morgan fingerprint density at radius 3 is 2.42 bits per heavy atom. The van der Waals surface area contributed by atoms with Crippen LogP contribution in [0.25, 0.3) is 6.08 Å². The largest absolute Gasteiger partial charge is 0.425 e. The molecular weight excluding hydrogens is 400 g/mol. The molecule has 0 spiro atoms. The van der Waals surface area contributed by atoms with E-state index in [1.165, 1.54) is 42.2 Å². The molecule has 3 rings (SSSR count). The molecule has 2 aromatic carbocycles. The summed E-state index contributed by atoms with van der Waals surface area (Å²) >= 11 is 0. The number of nitro benzene ring substituents is 1. The minimum Gasteiger partial charge on any atom is -0.425 e. The zero-order chi connectivity index (χ0) is 22.5. The van der Waals surface area contributed by atoms with Gasteiger partial charge in [0.2, 0.25) is 5.91 Å². The number of aliphatic hydroxyl groups excluding tert-OH is 1. The van der Waals surface area contributed by atoms with Crippen LogP contribution in [0.3, 0.4) is 0 Å². The van der Waals surface area contributed by atoms with Gasteiger partial charge >= 0.3 is 5.97 Å². The standard InChI is InChI=1S/C23H22N2O6/c1-3-19-20(14-9-16-7-5-4-6-8-16)24(22(19)27)21(15(2)26)23(28)31-18-12-10-17(11-13-18)25(29)30/h3-15,19-21,26H,1H2,2H3/b14-9+/t15?,19-,20+,21?/m0/s1. The normalized spacial score (nSPS) is 20.1. The maximum atomic E-state index is 12.8. The lowest BCUT2D eigenvalue weighted by Crippen LogP contribution is -2.67. The number of amides is 1. The minimum atomic E-state index is -1.25. The molecule has 4 atom stereocenters. The van der Waals surface area contributed by atoms with E-state index in [1.54, 1.807) is 6.08 Å². The van der Waals surface area contributed by atoms with Crippen LogP contribution >= 0.6 is 0 Å². The molecule has 0 aliphatic carbocycles. The highest BCUT2D eigenvalue weighted by atomic mass is 16.6. The number of ether oxygens (including phenoxy) is 1. The molecule has 8 heteroatoms. The number of hydrogen-bond donors (Lipinski definition) is 1. The number of nitrogens with zero attached hydrogens (tertiary/aromatic N) is 2. The Hall–Kier alpha value is -3.78. The molecule has 2 unspecified atom stereocenters. The van der Waals surface area contributed by atoms with Crippen LogP contribution < -0.4 is 4.74 Å². The third kappa shape index (κ3) is 4.70. The molecule has 0 radical (unpaired) electrons. The van der Waals surface area contributed by atoms with Gasteiger partial charge in [0.05, 0.1) is 23.0 Å². The first-order valence-electron chi connectivity index (χ1n) is 9.65. The Morgan fingerprint density at radius 2 is 1.87 bits per heavy atom. The Morgan fingerprint density at radius 1 is 1.23 bits per heavy atom. The highest BCUT2D eigenvalue weighted by molar-refractivity contribution is 5.94. The Balaban J connectivity index is 1.81. The fourth-order valence-corrected chi connectivity index (χ4v) is 3.46. The van der Waals surface area contributed by atoms with Crippen molar-refractivity contribution in [3.63, 3.8) is 0 Å². The van der Waals surface area contributed by atoms with Crippen molar-refractivity contribution in [2.75, 3.05) is 0 Å². The van der Waals surface area contributed by atoms with Gasteiger partial charge in [0.25, 0.3) is 5.69 Å². The van der Waals surface area contributed by atoms with Crippen LogP contribution in [-0.4, -0.2) is 45.0 Å². The molecule has 8 nitrogen and oxygen atoms in total. The number of aliphatic hydroxyl groups is 1. The van der Waals surface area contributed by atoms with Crippen molar-refractivity contribution in [2.24, 2.45) is 5.92 Å². The number of hydrogen-bond acceptors (Lipinski definition) is 6. The minimum absolute atomic E-state index is 0.0749. The van der Waals surface area contributed by atoms with Gasteiger partial charge in [-0.05, 0) is 24.6 Å². The Kier molecular flexibility index (Phi) is 6.61. The summed E-state index contributed by atoms with van der Waals surface area (Å²) in [6, 6.07) is 12.7. The van der Waals surface area contributed by atoms with E-state index in [2.05, 4.69) is 6.58 Å². The number of likely N-dealkylation sites (tertiary alicyclic amines) is 1. The molecule has 1 saturated heterocycles. The fourth-order valence-electron chi connectivity index (χ4n) is 3.46. The van der Waals surface area contributed by atoms with Crippen molar-refractivity contribution in [1.82, 2.24) is 4.90 Å². The van der Waals surface area contributed by atoms with Gasteiger partial charge in [-0.15, -0.1) is 6.58 Å². The topological polar surface area (TPSA) is 110 Å². The Bertz CT molecular complexity index is 1000. The first-order chi connectivity index (χ1) is 14.8. The molecule has 1 aliphatic heterocycles. The van der Waals surface area contributed by atoms with E-state index in [9.17, 15) is 24.8 Å². The van der Waals surface area contributed by atoms with Crippen LogP contribution in [0, 0.1) is 16.0 Å². The average Bonchev–Trinajstić information content (AvgIpc) is 2.75. The van der Waals surface area contributed by atoms with E-state index < -0.39 is 35.0 Å². The van der Waals surface area contributed by atoms with Crippen molar-refractivity contribution < 1.29 is 24.4 Å². The highest BCUT2D eigenvalue weighted by Crippen LogP contribution is 2.33. The van der Waals surface area contributed by atoms with Gasteiger partial charge in [-0.3, -0.25) is 14.9 Å². The lowest BCUT2D eigenvalue weighted by molar-refractivity contribution is -0.384. The predicted octanol–water partition coefficient (Wildman–Crippen LogP) is 2.98. The van der Waals surface area contributed by atoms with E-state index in [0.29, 0.717) is 0 Å².